The number of carbonyl (C=O) groups is 4. The van der Waals surface area contributed by atoms with Crippen molar-refractivity contribution in [2.24, 2.45) is 0 Å². The van der Waals surface area contributed by atoms with Crippen LogP contribution in [0, 0.1) is 11.3 Å². The van der Waals surface area contributed by atoms with Crippen molar-refractivity contribution in [1.29, 1.82) is 5.26 Å². The fourth-order valence-corrected chi connectivity index (χ4v) is 7.53. The fourth-order valence-electron chi connectivity index (χ4n) is 7.18. The number of fused-ring (bicyclic) bond motifs is 1. The minimum Gasteiger partial charge on any atom is -0.492 e. The Balaban J connectivity index is 1.04. The summed E-state index contributed by atoms with van der Waals surface area (Å²) >= 11 is 6.32. The van der Waals surface area contributed by atoms with Crippen molar-refractivity contribution < 1.29 is 41.8 Å². The molecule has 0 spiro atoms. The first-order valence-electron chi connectivity index (χ1n) is 15.8. The monoisotopic (exact) mass is 687 g/mol. The molecular weight excluding hydrogens is 655 g/mol. The minimum atomic E-state index is -4.87. The first-order chi connectivity index (χ1) is 22.9. The average molecular weight is 688 g/mol. The van der Waals surface area contributed by atoms with Crippen LogP contribution in [0.15, 0.2) is 36.4 Å². The van der Waals surface area contributed by atoms with Gasteiger partial charge in [0.2, 0.25) is 17.7 Å². The van der Waals surface area contributed by atoms with Crippen molar-refractivity contribution in [1.82, 2.24) is 20.0 Å². The highest BCUT2D eigenvalue weighted by Gasteiger charge is 2.43. The van der Waals surface area contributed by atoms with Gasteiger partial charge in [-0.3, -0.25) is 29.4 Å². The van der Waals surface area contributed by atoms with E-state index in [1.807, 2.05) is 0 Å². The molecule has 15 heteroatoms. The lowest BCUT2D eigenvalue weighted by Crippen LogP contribution is -2.52. The van der Waals surface area contributed by atoms with Crippen LogP contribution in [0.2, 0.25) is 5.02 Å². The number of imide groups is 1. The highest BCUT2D eigenvalue weighted by Crippen LogP contribution is 2.41. The molecule has 4 aliphatic heterocycles. The first kappa shape index (κ1) is 33.5. The number of rotatable bonds is 8. The van der Waals surface area contributed by atoms with Crippen molar-refractivity contribution in [3.63, 3.8) is 0 Å². The molecule has 1 N–H and O–H groups in total. The quantitative estimate of drug-likeness (QED) is 0.413. The number of hydrogen-bond donors (Lipinski definition) is 1. The topological polar surface area (TPSA) is 132 Å². The number of carbonyl (C=O) groups excluding carboxylic acids is 4. The third-order valence-electron chi connectivity index (χ3n) is 9.66. The van der Waals surface area contributed by atoms with E-state index in [2.05, 4.69) is 21.0 Å². The van der Waals surface area contributed by atoms with Gasteiger partial charge in [-0.1, -0.05) is 23.7 Å². The smallest absolute Gasteiger partial charge is 0.492 e. The van der Waals surface area contributed by atoms with E-state index in [1.54, 1.807) is 23.1 Å². The number of ether oxygens (including phenoxy) is 2. The third kappa shape index (κ3) is 6.66. The molecule has 0 aliphatic carbocycles. The number of amides is 4. The summed E-state index contributed by atoms with van der Waals surface area (Å²) in [4.78, 5) is 56.1. The Kier molecular flexibility index (Phi) is 9.28. The van der Waals surface area contributed by atoms with Gasteiger partial charge in [-0.2, -0.15) is 5.26 Å². The van der Waals surface area contributed by atoms with Crippen LogP contribution in [-0.2, 0) is 26.3 Å². The number of hydrogen-bond acceptors (Lipinski definition) is 8. The molecule has 4 heterocycles. The first-order valence-corrected chi connectivity index (χ1v) is 16.2. The molecule has 6 rings (SSSR count). The Morgan fingerprint density at radius 3 is 2.56 bits per heavy atom. The second-order valence-electron chi connectivity index (χ2n) is 12.4. The predicted molar refractivity (Wildman–Crippen MR) is 164 cm³/mol. The molecule has 3 fully saturated rings. The van der Waals surface area contributed by atoms with E-state index < -0.39 is 29.5 Å². The van der Waals surface area contributed by atoms with Crippen LogP contribution in [0.5, 0.6) is 11.5 Å². The normalized spacial score (nSPS) is 22.7. The number of piperidine rings is 2. The summed E-state index contributed by atoms with van der Waals surface area (Å²) in [7, 11) is 0. The molecule has 3 saturated heterocycles. The standard InChI is InChI=1S/C33H33ClF3N5O6/c34-24-17-20(48-33(35,36)37)6-7-23(24)32(19-38)10-13-41(14-11-32)31(46)26-4-2-12-40(26)15-16-47-27-5-1-3-21-22(27)18-42(30(21)45)25-8-9-28(43)39-29(25)44/h1,3,5-7,17,25-26H,2,4,8-16,18H2,(H,39,43,44). The summed E-state index contributed by atoms with van der Waals surface area (Å²) in [6.07, 6.45) is -2.39. The van der Waals surface area contributed by atoms with E-state index in [0.717, 1.165) is 18.6 Å². The molecule has 2 aromatic rings. The average Bonchev–Trinajstić information content (AvgIpc) is 3.65. The van der Waals surface area contributed by atoms with Gasteiger partial charge in [0.15, 0.2) is 0 Å². The summed E-state index contributed by atoms with van der Waals surface area (Å²) in [5.41, 5.74) is 0.483. The molecule has 4 amide bonds. The largest absolute Gasteiger partial charge is 0.573 e. The zero-order valence-corrected chi connectivity index (χ0v) is 26.6. The summed E-state index contributed by atoms with van der Waals surface area (Å²) < 4.78 is 48.0. The zero-order valence-electron chi connectivity index (χ0n) is 25.9. The Morgan fingerprint density at radius 2 is 1.88 bits per heavy atom. The second kappa shape index (κ2) is 13.3. The lowest BCUT2D eigenvalue weighted by atomic mass is 9.74. The van der Waals surface area contributed by atoms with Gasteiger partial charge < -0.3 is 19.3 Å². The molecule has 4 aliphatic rings. The van der Waals surface area contributed by atoms with Crippen LogP contribution >= 0.6 is 11.6 Å². The highest BCUT2D eigenvalue weighted by atomic mass is 35.5. The number of likely N-dealkylation sites (tertiary alicyclic amines) is 2. The predicted octanol–water partition coefficient (Wildman–Crippen LogP) is 3.93. The molecule has 2 aromatic carbocycles. The number of benzene rings is 2. The van der Waals surface area contributed by atoms with Gasteiger partial charge in [0.1, 0.15) is 24.1 Å². The Morgan fingerprint density at radius 1 is 1.10 bits per heavy atom. The number of nitriles is 1. The van der Waals surface area contributed by atoms with E-state index in [0.29, 0.717) is 42.0 Å². The maximum absolute atomic E-state index is 13.7. The molecule has 0 radical (unpaired) electrons. The van der Waals surface area contributed by atoms with Gasteiger partial charge in [0.05, 0.1) is 24.1 Å². The molecule has 48 heavy (non-hydrogen) atoms. The van der Waals surface area contributed by atoms with E-state index in [1.165, 1.54) is 11.0 Å². The lowest BCUT2D eigenvalue weighted by molar-refractivity contribution is -0.274. The maximum atomic E-state index is 13.7. The maximum Gasteiger partial charge on any atom is 0.573 e. The second-order valence-corrected chi connectivity index (χ2v) is 12.8. The molecule has 0 aromatic heterocycles. The van der Waals surface area contributed by atoms with Crippen LogP contribution < -0.4 is 14.8 Å². The minimum absolute atomic E-state index is 0.00264. The van der Waals surface area contributed by atoms with Gasteiger partial charge in [0, 0.05) is 42.2 Å². The van der Waals surface area contributed by atoms with Crippen molar-refractivity contribution in [2.45, 2.75) is 68.9 Å². The summed E-state index contributed by atoms with van der Waals surface area (Å²) in [6.45, 7) is 2.19. The van der Waals surface area contributed by atoms with Gasteiger partial charge >= 0.3 is 6.36 Å². The molecule has 0 saturated carbocycles. The van der Waals surface area contributed by atoms with Gasteiger partial charge in [0.25, 0.3) is 5.91 Å². The third-order valence-corrected chi connectivity index (χ3v) is 9.97. The van der Waals surface area contributed by atoms with Gasteiger partial charge in [-0.25, -0.2) is 0 Å². The van der Waals surface area contributed by atoms with Gasteiger partial charge in [-0.05, 0) is 68.5 Å². The molecule has 11 nitrogen and oxygen atoms in total. The molecule has 0 bridgehead atoms. The van der Waals surface area contributed by atoms with Crippen molar-refractivity contribution in [3.8, 4) is 17.6 Å². The van der Waals surface area contributed by atoms with E-state index in [9.17, 15) is 37.6 Å². The Hall–Kier alpha value is -4.35. The van der Waals surface area contributed by atoms with Crippen LogP contribution in [0.25, 0.3) is 0 Å². The highest BCUT2D eigenvalue weighted by molar-refractivity contribution is 6.31. The van der Waals surface area contributed by atoms with Gasteiger partial charge in [-0.15, -0.1) is 13.2 Å². The van der Waals surface area contributed by atoms with Crippen LogP contribution in [0.1, 0.15) is 60.0 Å². The van der Waals surface area contributed by atoms with Crippen LogP contribution in [-0.4, -0.2) is 89.6 Å². The summed E-state index contributed by atoms with van der Waals surface area (Å²) in [6, 6.07) is 9.96. The van der Waals surface area contributed by atoms with Crippen LogP contribution in [0.4, 0.5) is 13.2 Å². The Labute approximate surface area is 279 Å². The van der Waals surface area contributed by atoms with E-state index in [-0.39, 0.29) is 80.7 Å². The fraction of sp³-hybridized carbons (Fsp3) is 0.485. The molecule has 2 unspecified atom stereocenters. The zero-order chi connectivity index (χ0) is 34.2. The van der Waals surface area contributed by atoms with Crippen molar-refractivity contribution >= 4 is 35.2 Å². The van der Waals surface area contributed by atoms with Crippen molar-refractivity contribution in [2.75, 3.05) is 32.8 Å². The van der Waals surface area contributed by atoms with E-state index in [4.69, 9.17) is 16.3 Å². The molecule has 2 atom stereocenters. The SMILES string of the molecule is N#CC1(c2ccc(OC(F)(F)F)cc2Cl)CCN(C(=O)C2CCCN2CCOc2cccc3c2CN(C2CCC(=O)NC2=O)C3=O)CC1. The lowest BCUT2D eigenvalue weighted by Gasteiger charge is -2.40. The van der Waals surface area contributed by atoms with Crippen molar-refractivity contribution in [3.05, 3.63) is 58.1 Å². The van der Waals surface area contributed by atoms with E-state index >= 15 is 0 Å². The number of halogens is 4. The molecular formula is C33H33ClF3N5O6. The Bertz CT molecular complexity index is 1670. The number of alkyl halides is 3. The number of nitrogens with zero attached hydrogens (tertiary/aromatic N) is 4. The molecule has 254 valence electrons. The van der Waals surface area contributed by atoms with Crippen LogP contribution in [0.3, 0.4) is 0 Å². The summed E-state index contributed by atoms with van der Waals surface area (Å²) in [5, 5.41) is 12.4. The summed E-state index contributed by atoms with van der Waals surface area (Å²) in [5.74, 6) is -1.11. The number of nitrogens with one attached hydrogen (secondary N) is 1.